The average Bonchev–Trinajstić information content (AvgIpc) is 3.43. The number of rotatable bonds is 2. The number of aromatic nitrogens is 4. The van der Waals surface area contributed by atoms with Crippen LogP contribution >= 0.6 is 11.6 Å². The lowest BCUT2D eigenvalue weighted by atomic mass is 10.0. The minimum atomic E-state index is -5.08. The topological polar surface area (TPSA) is 127 Å². The van der Waals surface area contributed by atoms with Gasteiger partial charge in [-0.3, -0.25) is 5.10 Å². The Morgan fingerprint density at radius 2 is 1.84 bits per heavy atom. The molecule has 0 bridgehead atoms. The maximum absolute atomic E-state index is 12.7. The minimum absolute atomic E-state index is 0.181. The molecule has 194 valence electrons. The highest BCUT2D eigenvalue weighted by atomic mass is 35.5. The minimum Gasteiger partial charge on any atom is -0.475 e. The Labute approximate surface area is 213 Å². The Bertz CT molecular complexity index is 1440. The summed E-state index contributed by atoms with van der Waals surface area (Å²) in [6.07, 6.45) is -4.38. The number of H-pyrrole nitrogens is 2. The fourth-order valence-corrected chi connectivity index (χ4v) is 4.01. The van der Waals surface area contributed by atoms with Gasteiger partial charge in [0.25, 0.3) is 0 Å². The van der Waals surface area contributed by atoms with Crippen LogP contribution in [0.4, 0.5) is 23.7 Å². The van der Waals surface area contributed by atoms with Crippen LogP contribution < -0.4 is 5.32 Å². The van der Waals surface area contributed by atoms with Crippen LogP contribution in [0.5, 0.6) is 0 Å². The third-order valence-electron chi connectivity index (χ3n) is 5.90. The summed E-state index contributed by atoms with van der Waals surface area (Å²) in [4.78, 5) is 31.5. The number of amides is 2. The van der Waals surface area contributed by atoms with Gasteiger partial charge in [0.05, 0.1) is 34.0 Å². The Hall–Kier alpha value is -4.06. The lowest BCUT2D eigenvalue weighted by Crippen LogP contribution is -2.38. The number of halogens is 4. The maximum Gasteiger partial charge on any atom is 0.490 e. The molecule has 2 amide bonds. The van der Waals surface area contributed by atoms with Gasteiger partial charge in [-0.15, -0.1) is 0 Å². The van der Waals surface area contributed by atoms with E-state index in [4.69, 9.17) is 26.5 Å². The molecule has 0 unspecified atom stereocenters. The highest BCUT2D eigenvalue weighted by Gasteiger charge is 2.38. The van der Waals surface area contributed by atoms with Crippen LogP contribution in [0.3, 0.4) is 0 Å². The maximum atomic E-state index is 12.7. The molecule has 0 atom stereocenters. The number of anilines is 1. The smallest absolute Gasteiger partial charge is 0.475 e. The molecule has 2 aromatic carbocycles. The third kappa shape index (κ3) is 5.69. The molecule has 0 fully saturated rings. The second kappa shape index (κ2) is 10.1. The van der Waals surface area contributed by atoms with Crippen molar-refractivity contribution in [2.75, 3.05) is 11.9 Å². The molecule has 0 aliphatic carbocycles. The molecule has 0 saturated heterocycles. The number of nitrogens with zero attached hydrogens (tertiary/aromatic N) is 3. The molecule has 1 aliphatic heterocycles. The predicted molar refractivity (Wildman–Crippen MR) is 131 cm³/mol. The second-order valence-electron chi connectivity index (χ2n) is 8.45. The van der Waals surface area contributed by atoms with Crippen molar-refractivity contribution < 1.29 is 27.9 Å². The van der Waals surface area contributed by atoms with Gasteiger partial charge in [-0.2, -0.15) is 18.3 Å². The number of hydrogen-bond donors (Lipinski definition) is 4. The summed E-state index contributed by atoms with van der Waals surface area (Å²) in [7, 11) is 0. The number of fused-ring (bicyclic) bond motifs is 2. The van der Waals surface area contributed by atoms with Crippen molar-refractivity contribution in [3.63, 3.8) is 0 Å². The van der Waals surface area contributed by atoms with Crippen molar-refractivity contribution in [2.45, 2.75) is 33.0 Å². The zero-order chi connectivity index (χ0) is 26.9. The Morgan fingerprint density at radius 1 is 1.16 bits per heavy atom. The number of urea groups is 1. The number of carboxylic acids is 1. The molecule has 9 nitrogen and oxygen atoms in total. The Balaban J connectivity index is 0.000000405. The molecule has 2 aromatic heterocycles. The molecule has 4 aromatic rings. The molecule has 5 rings (SSSR count). The summed E-state index contributed by atoms with van der Waals surface area (Å²) in [6, 6.07) is 11.2. The van der Waals surface area contributed by atoms with Crippen LogP contribution in [0, 0.1) is 13.8 Å². The van der Waals surface area contributed by atoms with Crippen molar-refractivity contribution in [1.29, 1.82) is 0 Å². The molecular formula is C24H22ClF3N6O3. The van der Waals surface area contributed by atoms with E-state index in [1.54, 1.807) is 17.0 Å². The Kier molecular flexibility index (Phi) is 7.12. The van der Waals surface area contributed by atoms with Crippen LogP contribution in [0.1, 0.15) is 22.4 Å². The van der Waals surface area contributed by atoms with E-state index >= 15 is 0 Å². The number of carboxylic acid groups (broad SMARTS) is 1. The first-order valence-electron chi connectivity index (χ1n) is 11.1. The van der Waals surface area contributed by atoms with Crippen molar-refractivity contribution in [3.8, 4) is 11.5 Å². The molecule has 0 spiro atoms. The zero-order valence-electron chi connectivity index (χ0n) is 19.7. The van der Waals surface area contributed by atoms with E-state index in [1.165, 1.54) is 11.1 Å². The molecule has 3 heterocycles. The quantitative estimate of drug-likeness (QED) is 0.272. The molecule has 1 aliphatic rings. The van der Waals surface area contributed by atoms with E-state index in [-0.39, 0.29) is 6.03 Å². The number of carbonyl (C=O) groups is 2. The lowest BCUT2D eigenvalue weighted by Gasteiger charge is -2.27. The lowest BCUT2D eigenvalue weighted by molar-refractivity contribution is -0.192. The number of imidazole rings is 1. The number of carbonyl (C=O) groups excluding carboxylic acids is 1. The number of nitrogens with one attached hydrogen (secondary N) is 3. The van der Waals surface area contributed by atoms with Gasteiger partial charge in [0.2, 0.25) is 0 Å². The summed E-state index contributed by atoms with van der Waals surface area (Å²) < 4.78 is 31.7. The van der Waals surface area contributed by atoms with Gasteiger partial charge in [0.15, 0.2) is 5.82 Å². The van der Waals surface area contributed by atoms with Crippen LogP contribution in [0.25, 0.3) is 22.6 Å². The summed E-state index contributed by atoms with van der Waals surface area (Å²) >= 11 is 6.15. The Morgan fingerprint density at radius 3 is 2.51 bits per heavy atom. The summed E-state index contributed by atoms with van der Waals surface area (Å²) in [5.74, 6) is -2.01. The summed E-state index contributed by atoms with van der Waals surface area (Å²) in [5, 5.41) is 18.1. The number of hydrogen-bond acceptors (Lipinski definition) is 4. The van der Waals surface area contributed by atoms with E-state index in [2.05, 4.69) is 46.5 Å². The largest absolute Gasteiger partial charge is 0.490 e. The van der Waals surface area contributed by atoms with E-state index in [0.717, 1.165) is 33.8 Å². The first kappa shape index (κ1) is 26.0. The van der Waals surface area contributed by atoms with Gasteiger partial charge < -0.3 is 20.3 Å². The predicted octanol–water partition coefficient (Wildman–Crippen LogP) is 5.45. The first-order valence-corrected chi connectivity index (χ1v) is 11.5. The molecule has 0 radical (unpaired) electrons. The molecule has 4 N–H and O–H groups in total. The van der Waals surface area contributed by atoms with Gasteiger partial charge >= 0.3 is 18.2 Å². The highest BCUT2D eigenvalue weighted by Crippen LogP contribution is 2.29. The number of benzene rings is 2. The number of para-hydroxylation sites is 1. The fourth-order valence-electron chi connectivity index (χ4n) is 3.83. The second-order valence-corrected chi connectivity index (χ2v) is 8.86. The van der Waals surface area contributed by atoms with Gasteiger partial charge in [0.1, 0.15) is 5.69 Å². The van der Waals surface area contributed by atoms with E-state index in [9.17, 15) is 18.0 Å². The molecular weight excluding hydrogens is 513 g/mol. The van der Waals surface area contributed by atoms with Crippen LogP contribution in [0.15, 0.2) is 36.4 Å². The van der Waals surface area contributed by atoms with Crippen LogP contribution in [0.2, 0.25) is 5.02 Å². The monoisotopic (exact) mass is 534 g/mol. The zero-order valence-corrected chi connectivity index (χ0v) is 20.5. The third-order valence-corrected chi connectivity index (χ3v) is 6.23. The van der Waals surface area contributed by atoms with E-state index in [1.807, 2.05) is 12.1 Å². The standard InChI is InChI=1S/C22H21ClN6O.C2HF3O2/c1-12-9-17-18(10-13(12)2)25-21(24-17)20-14-7-8-29(11-19(14)27-28-20)22(30)26-16-6-4-3-5-15(16)23;3-2(4,5)1(6)7/h3-6,9-10H,7-8,11H2,1-2H3,(H,24,25)(H,26,30)(H,27,28);(H,6,7). The number of aliphatic carboxylic acids is 1. The average molecular weight is 535 g/mol. The van der Waals surface area contributed by atoms with Gasteiger partial charge in [0, 0.05) is 12.1 Å². The van der Waals surface area contributed by atoms with Crippen molar-refractivity contribution in [1.82, 2.24) is 25.1 Å². The number of aryl methyl sites for hydroxylation is 2. The summed E-state index contributed by atoms with van der Waals surface area (Å²) in [5.41, 5.74) is 7.83. The van der Waals surface area contributed by atoms with Crippen molar-refractivity contribution in [3.05, 3.63) is 63.8 Å². The molecule has 13 heteroatoms. The van der Waals surface area contributed by atoms with Crippen molar-refractivity contribution in [2.24, 2.45) is 0 Å². The molecule has 0 saturated carbocycles. The number of aromatic amines is 2. The van der Waals surface area contributed by atoms with Crippen LogP contribution in [-0.4, -0.2) is 54.9 Å². The normalized spacial score (nSPS) is 13.1. The van der Waals surface area contributed by atoms with Gasteiger partial charge in [-0.25, -0.2) is 14.6 Å². The molecule has 37 heavy (non-hydrogen) atoms. The first-order chi connectivity index (χ1) is 17.4. The van der Waals surface area contributed by atoms with E-state index < -0.39 is 12.1 Å². The fraction of sp³-hybridized carbons (Fsp3) is 0.250. The van der Waals surface area contributed by atoms with Crippen molar-refractivity contribution >= 4 is 40.3 Å². The number of alkyl halides is 3. The summed E-state index contributed by atoms with van der Waals surface area (Å²) in [6.45, 7) is 5.22. The highest BCUT2D eigenvalue weighted by molar-refractivity contribution is 6.33. The van der Waals surface area contributed by atoms with E-state index in [0.29, 0.717) is 30.2 Å². The van der Waals surface area contributed by atoms with Crippen LogP contribution in [-0.2, 0) is 17.8 Å². The van der Waals surface area contributed by atoms with Gasteiger partial charge in [-0.05, 0) is 55.7 Å². The SMILES string of the molecule is Cc1cc2nc(-c3n[nH]c4c3CCN(C(=O)Nc3ccccc3Cl)C4)[nH]c2cc1C.O=C(O)C(F)(F)F. The van der Waals surface area contributed by atoms with Gasteiger partial charge in [-0.1, -0.05) is 23.7 Å².